The zero-order valence-corrected chi connectivity index (χ0v) is 24.9. The number of rotatable bonds is 6. The fraction of sp³-hybridized carbons (Fsp3) is 0.500. The van der Waals surface area contributed by atoms with E-state index < -0.39 is 33.2 Å². The van der Waals surface area contributed by atoms with E-state index in [4.69, 9.17) is 0 Å². The molecule has 226 valence electrons. The number of thiophene rings is 1. The second kappa shape index (κ2) is 9.73. The molecular weight excluding hydrogens is 599 g/mol. The van der Waals surface area contributed by atoms with E-state index in [1.54, 1.807) is 4.90 Å². The molecule has 4 heterocycles. The van der Waals surface area contributed by atoms with Crippen molar-refractivity contribution in [3.05, 3.63) is 51.5 Å². The minimum absolute atomic E-state index is 0.00217. The van der Waals surface area contributed by atoms with Gasteiger partial charge in [-0.3, -0.25) is 9.69 Å². The van der Waals surface area contributed by atoms with Gasteiger partial charge in [-0.25, -0.2) is 18.4 Å². The van der Waals surface area contributed by atoms with Gasteiger partial charge in [0.25, 0.3) is 5.91 Å². The monoisotopic (exact) mass is 629 g/mol. The topological polar surface area (TPSA) is 95.5 Å². The van der Waals surface area contributed by atoms with Crippen LogP contribution < -0.4 is 5.32 Å². The first-order chi connectivity index (χ1) is 20.5. The Morgan fingerprint density at radius 3 is 2.44 bits per heavy atom. The summed E-state index contributed by atoms with van der Waals surface area (Å²) in [4.78, 5) is 25.5. The number of carbonyl (C=O) groups excluding carboxylic acids is 1. The number of hydrogen-bond donors (Lipinski definition) is 1. The molecule has 0 radical (unpaired) electrons. The summed E-state index contributed by atoms with van der Waals surface area (Å²) in [6.45, 7) is 1.99. The van der Waals surface area contributed by atoms with Crippen LogP contribution in [0.15, 0.2) is 29.3 Å². The Morgan fingerprint density at radius 2 is 1.74 bits per heavy atom. The van der Waals surface area contributed by atoms with E-state index in [1.807, 2.05) is 0 Å². The predicted octanol–water partition coefficient (Wildman–Crippen LogP) is 5.76. The molecule has 2 aromatic heterocycles. The number of fused-ring (bicyclic) bond motifs is 2. The molecular formula is C30H30F3N5O3S2. The Hall–Kier alpha value is -3.03. The molecule has 1 N–H and O–H groups in total. The van der Waals surface area contributed by atoms with Crippen LogP contribution in [-0.4, -0.2) is 65.0 Å². The van der Waals surface area contributed by atoms with E-state index in [0.29, 0.717) is 12.0 Å². The van der Waals surface area contributed by atoms with Crippen molar-refractivity contribution in [1.29, 1.82) is 0 Å². The molecule has 13 heteroatoms. The molecule has 43 heavy (non-hydrogen) atoms. The normalized spacial score (nSPS) is 22.2. The molecule has 0 bridgehead atoms. The van der Waals surface area contributed by atoms with Gasteiger partial charge in [0.05, 0.1) is 21.2 Å². The number of nitrogens with zero attached hydrogens (tertiary/aromatic N) is 4. The standard InChI is InChI=1S/C30H30F3N5O3S2/c31-30(32,33)22-14-34-29(35-23-12-17-7-8-37(19-3-4-19)15-18(17)11-21(23)16-1-2-16)36-26(22)24-13-25-27(42-24)28(39)38(20-5-6-20)9-10-43(25,40)41/h11-14,16,19-20H,1-10,15H2,(H,34,35,36). The van der Waals surface area contributed by atoms with Gasteiger partial charge in [0.1, 0.15) is 10.4 Å². The highest BCUT2D eigenvalue weighted by Crippen LogP contribution is 2.47. The van der Waals surface area contributed by atoms with Gasteiger partial charge < -0.3 is 10.2 Å². The summed E-state index contributed by atoms with van der Waals surface area (Å²) in [5.41, 5.74) is 2.95. The van der Waals surface area contributed by atoms with E-state index in [9.17, 15) is 26.4 Å². The first-order valence-electron chi connectivity index (χ1n) is 14.8. The number of amides is 1. The number of hydrogen-bond acceptors (Lipinski definition) is 8. The fourth-order valence-corrected chi connectivity index (χ4v) is 9.28. The number of aromatic nitrogens is 2. The number of halogens is 3. The molecule has 0 atom stereocenters. The Kier molecular flexibility index (Phi) is 6.23. The van der Waals surface area contributed by atoms with E-state index in [0.717, 1.165) is 74.0 Å². The van der Waals surface area contributed by atoms with Crippen molar-refractivity contribution in [1.82, 2.24) is 19.8 Å². The highest BCUT2D eigenvalue weighted by molar-refractivity contribution is 7.91. The smallest absolute Gasteiger partial charge is 0.334 e. The lowest BCUT2D eigenvalue weighted by Gasteiger charge is -2.30. The van der Waals surface area contributed by atoms with Crippen molar-refractivity contribution in [3.63, 3.8) is 0 Å². The Bertz CT molecular complexity index is 1760. The van der Waals surface area contributed by atoms with Crippen molar-refractivity contribution in [2.45, 2.75) is 80.6 Å². The minimum Gasteiger partial charge on any atom is -0.334 e. The number of nitrogens with one attached hydrogen (secondary N) is 1. The van der Waals surface area contributed by atoms with Gasteiger partial charge in [0, 0.05) is 43.6 Å². The van der Waals surface area contributed by atoms with Crippen LogP contribution in [-0.2, 0) is 29.0 Å². The summed E-state index contributed by atoms with van der Waals surface area (Å²) in [6, 6.07) is 6.19. The first kappa shape index (κ1) is 27.5. The molecule has 8 rings (SSSR count). The van der Waals surface area contributed by atoms with Crippen LogP contribution in [0.25, 0.3) is 10.6 Å². The summed E-state index contributed by atoms with van der Waals surface area (Å²) in [7, 11) is -3.86. The molecule has 2 aliphatic heterocycles. The van der Waals surface area contributed by atoms with Crippen molar-refractivity contribution in [3.8, 4) is 10.6 Å². The number of anilines is 2. The van der Waals surface area contributed by atoms with E-state index in [1.165, 1.54) is 30.0 Å². The molecule has 1 aromatic carbocycles. The van der Waals surface area contributed by atoms with Crippen molar-refractivity contribution >= 4 is 38.7 Å². The zero-order valence-electron chi connectivity index (χ0n) is 23.3. The average molecular weight is 630 g/mol. The van der Waals surface area contributed by atoms with Crippen LogP contribution in [0.3, 0.4) is 0 Å². The lowest BCUT2D eigenvalue weighted by molar-refractivity contribution is -0.137. The summed E-state index contributed by atoms with van der Waals surface area (Å²) >= 11 is 0.757. The largest absolute Gasteiger partial charge is 0.420 e. The number of benzene rings is 1. The summed E-state index contributed by atoms with van der Waals surface area (Å²) in [5, 5.41) is 3.21. The first-order valence-corrected chi connectivity index (χ1v) is 17.3. The third-order valence-electron chi connectivity index (χ3n) is 9.14. The number of alkyl halides is 3. The van der Waals surface area contributed by atoms with E-state index in [-0.39, 0.29) is 38.9 Å². The number of carbonyl (C=O) groups is 1. The SMILES string of the molecule is O=C1c2sc(-c3nc(Nc4cc5c(cc4C4CC4)CN(C4CC4)CC5)ncc3C(F)(F)F)cc2S(=O)(=O)CCN1C1CC1. The lowest BCUT2D eigenvalue weighted by Crippen LogP contribution is -2.34. The molecule has 5 aliphatic rings. The second-order valence-electron chi connectivity index (χ2n) is 12.4. The highest BCUT2D eigenvalue weighted by Gasteiger charge is 2.42. The highest BCUT2D eigenvalue weighted by atomic mass is 32.2. The van der Waals surface area contributed by atoms with Crippen LogP contribution in [0.5, 0.6) is 0 Å². The molecule has 8 nitrogen and oxygen atoms in total. The van der Waals surface area contributed by atoms with E-state index >= 15 is 0 Å². The van der Waals surface area contributed by atoms with Crippen LogP contribution >= 0.6 is 11.3 Å². The minimum atomic E-state index is -4.78. The van der Waals surface area contributed by atoms with Gasteiger partial charge in [-0.15, -0.1) is 11.3 Å². The van der Waals surface area contributed by atoms with Gasteiger partial charge in [-0.2, -0.15) is 13.2 Å². The Balaban J connectivity index is 1.18. The predicted molar refractivity (Wildman–Crippen MR) is 155 cm³/mol. The van der Waals surface area contributed by atoms with E-state index in [2.05, 4.69) is 32.3 Å². The maximum absolute atomic E-state index is 14.2. The number of sulfone groups is 1. The van der Waals surface area contributed by atoms with Crippen LogP contribution in [0.1, 0.15) is 76.4 Å². The van der Waals surface area contributed by atoms with Crippen molar-refractivity contribution in [2.24, 2.45) is 0 Å². The van der Waals surface area contributed by atoms with Crippen LogP contribution in [0.2, 0.25) is 0 Å². The van der Waals surface area contributed by atoms with Crippen molar-refractivity contribution in [2.75, 3.05) is 24.2 Å². The second-order valence-corrected chi connectivity index (χ2v) is 15.5. The maximum atomic E-state index is 14.2. The summed E-state index contributed by atoms with van der Waals surface area (Å²) in [5.74, 6) is -0.324. The molecule has 0 spiro atoms. The molecule has 1 amide bonds. The molecule has 3 saturated carbocycles. The zero-order chi connectivity index (χ0) is 29.7. The average Bonchev–Trinajstić information content (AvgIpc) is 3.81. The van der Waals surface area contributed by atoms with Gasteiger partial charge in [0.15, 0.2) is 9.84 Å². The van der Waals surface area contributed by atoms with Gasteiger partial charge >= 0.3 is 6.18 Å². The van der Waals surface area contributed by atoms with Crippen LogP contribution in [0.4, 0.5) is 24.8 Å². The third kappa shape index (κ3) is 5.12. The quantitative estimate of drug-likeness (QED) is 0.371. The molecule has 0 saturated heterocycles. The Morgan fingerprint density at radius 1 is 0.977 bits per heavy atom. The molecule has 0 unspecified atom stereocenters. The maximum Gasteiger partial charge on any atom is 0.420 e. The Labute approximate surface area is 251 Å². The summed E-state index contributed by atoms with van der Waals surface area (Å²) < 4.78 is 68.8. The lowest BCUT2D eigenvalue weighted by atomic mass is 9.94. The molecule has 3 aliphatic carbocycles. The third-order valence-corrected chi connectivity index (χ3v) is 12.1. The molecule has 3 fully saturated rings. The van der Waals surface area contributed by atoms with Gasteiger partial charge in [-0.1, -0.05) is 6.07 Å². The molecule has 3 aromatic rings. The fourth-order valence-electron chi connectivity index (χ4n) is 6.37. The summed E-state index contributed by atoms with van der Waals surface area (Å²) in [6.07, 6.45) is 3.08. The van der Waals surface area contributed by atoms with Gasteiger partial charge in [0.2, 0.25) is 5.95 Å². The van der Waals surface area contributed by atoms with Gasteiger partial charge in [-0.05, 0) is 79.7 Å². The van der Waals surface area contributed by atoms with Crippen molar-refractivity contribution < 1.29 is 26.4 Å². The van der Waals surface area contributed by atoms with Crippen LogP contribution in [0, 0.1) is 0 Å².